The summed E-state index contributed by atoms with van der Waals surface area (Å²) < 4.78 is 38.1. The second-order valence-corrected chi connectivity index (χ2v) is 2.96. The fourth-order valence-corrected chi connectivity index (χ4v) is 1.29. The number of aliphatic hydroxyl groups excluding tert-OH is 1. The molecule has 0 saturated heterocycles. The van der Waals surface area contributed by atoms with Gasteiger partial charge in [-0.3, -0.25) is 4.84 Å². The van der Waals surface area contributed by atoms with Crippen LogP contribution in [0.3, 0.4) is 0 Å². The van der Waals surface area contributed by atoms with Crippen molar-refractivity contribution in [2.24, 2.45) is 0 Å². The van der Waals surface area contributed by atoms with Crippen molar-refractivity contribution in [2.75, 3.05) is 7.11 Å². The third kappa shape index (κ3) is 2.20. The van der Waals surface area contributed by atoms with Gasteiger partial charge in [0.1, 0.15) is 7.11 Å². The summed E-state index contributed by atoms with van der Waals surface area (Å²) in [6.45, 7) is 1.12. The minimum Gasteiger partial charge on any atom is -0.391 e. The molecule has 84 valence electrons. The van der Waals surface area contributed by atoms with E-state index < -0.39 is 11.9 Å². The van der Waals surface area contributed by atoms with Crippen LogP contribution in [0.1, 0.15) is 17.0 Å². The Morgan fingerprint density at radius 2 is 2.00 bits per heavy atom. The Balaban J connectivity index is 3.38. The van der Waals surface area contributed by atoms with Crippen LogP contribution in [0.2, 0.25) is 0 Å². The summed E-state index contributed by atoms with van der Waals surface area (Å²) in [7, 11) is 1.14. The summed E-state index contributed by atoms with van der Waals surface area (Å²) in [5.74, 6) is 0. The third-order valence-corrected chi connectivity index (χ3v) is 2.07. The monoisotopic (exact) mass is 222 g/mol. The van der Waals surface area contributed by atoms with Gasteiger partial charge in [-0.25, -0.2) is 0 Å². The second-order valence-electron chi connectivity index (χ2n) is 2.96. The molecule has 3 nitrogen and oxygen atoms in total. The average molecular weight is 222 g/mol. The van der Waals surface area contributed by atoms with Crippen molar-refractivity contribution in [3.05, 3.63) is 29.1 Å². The van der Waals surface area contributed by atoms with Crippen LogP contribution in [0.4, 0.5) is 13.2 Å². The quantitative estimate of drug-likeness (QED) is 0.753. The molecule has 1 N–H and O–H groups in total. The summed E-state index contributed by atoms with van der Waals surface area (Å²) in [4.78, 5) is 4.63. The van der Waals surface area contributed by atoms with Crippen molar-refractivity contribution in [1.82, 2.24) is 0 Å². The molecule has 1 heterocycles. The molecule has 0 aliphatic carbocycles. The van der Waals surface area contributed by atoms with E-state index >= 15 is 0 Å². The maximum absolute atomic E-state index is 12.5. The highest BCUT2D eigenvalue weighted by Crippen LogP contribution is 2.26. The van der Waals surface area contributed by atoms with Crippen LogP contribution in [0.5, 0.6) is 0 Å². The molecule has 1 aromatic rings. The van der Waals surface area contributed by atoms with E-state index in [1.54, 1.807) is 0 Å². The fraction of sp³-hybridized carbons (Fsp3) is 0.444. The lowest BCUT2D eigenvalue weighted by Gasteiger charge is -2.07. The number of aliphatic hydroxyl groups is 1. The Bertz CT molecular complexity index is 363. The maximum atomic E-state index is 12.5. The van der Waals surface area contributed by atoms with Gasteiger partial charge in [-0.2, -0.15) is 13.2 Å². The summed E-state index contributed by atoms with van der Waals surface area (Å²) in [6, 6.07) is 2.11. The topological polar surface area (TPSA) is 33.3 Å². The predicted molar refractivity (Wildman–Crippen MR) is 44.8 cm³/mol. The Hall–Kier alpha value is -1.30. The van der Waals surface area contributed by atoms with Crippen molar-refractivity contribution in [1.29, 1.82) is 0 Å². The lowest BCUT2D eigenvalue weighted by atomic mass is 10.2. The summed E-state index contributed by atoms with van der Waals surface area (Å²) in [5, 5.41) is 8.88. The van der Waals surface area contributed by atoms with E-state index in [0.717, 1.165) is 13.2 Å². The lowest BCUT2D eigenvalue weighted by Crippen LogP contribution is -2.50. The van der Waals surface area contributed by atoms with Crippen molar-refractivity contribution >= 4 is 0 Å². The van der Waals surface area contributed by atoms with Gasteiger partial charge in [0, 0.05) is 23.3 Å². The molecule has 0 bridgehead atoms. The maximum Gasteiger partial charge on any atom is 0.482 e. The first kappa shape index (κ1) is 11.8. The van der Waals surface area contributed by atoms with Crippen molar-refractivity contribution < 1.29 is 27.8 Å². The summed E-state index contributed by atoms with van der Waals surface area (Å²) >= 11 is 0. The standard InChI is InChI=1S/C9H11F3NO2/c1-6-7(5-14)3-4-8(9(10,11)12)13(6)15-2/h3-4,14H,5H2,1-2H3/q+1. The zero-order chi connectivity index (χ0) is 11.6. The molecule has 6 heteroatoms. The zero-order valence-electron chi connectivity index (χ0n) is 8.30. The number of nitrogens with zero attached hydrogens (tertiary/aromatic N) is 1. The highest BCUT2D eigenvalue weighted by molar-refractivity contribution is 5.16. The normalized spacial score (nSPS) is 11.6. The Kier molecular flexibility index (Phi) is 3.18. The van der Waals surface area contributed by atoms with Gasteiger partial charge in [0.2, 0.25) is 5.69 Å². The number of rotatable bonds is 2. The minimum atomic E-state index is -4.48. The third-order valence-electron chi connectivity index (χ3n) is 2.07. The lowest BCUT2D eigenvalue weighted by molar-refractivity contribution is -0.900. The minimum absolute atomic E-state index is 0.231. The van der Waals surface area contributed by atoms with E-state index in [4.69, 9.17) is 5.11 Å². The molecule has 15 heavy (non-hydrogen) atoms. The molecule has 0 aromatic carbocycles. The van der Waals surface area contributed by atoms with Gasteiger partial charge in [-0.1, -0.05) is 0 Å². The van der Waals surface area contributed by atoms with E-state index in [1.165, 1.54) is 13.0 Å². The van der Waals surface area contributed by atoms with Gasteiger partial charge in [-0.15, -0.1) is 0 Å². The van der Waals surface area contributed by atoms with Gasteiger partial charge < -0.3 is 5.11 Å². The van der Waals surface area contributed by atoms with E-state index in [9.17, 15) is 13.2 Å². The first-order valence-electron chi connectivity index (χ1n) is 4.19. The molecule has 1 rings (SSSR count). The first-order chi connectivity index (χ1) is 6.91. The fourth-order valence-electron chi connectivity index (χ4n) is 1.29. The van der Waals surface area contributed by atoms with E-state index in [1.807, 2.05) is 0 Å². The molecule has 0 amide bonds. The molecule has 0 unspecified atom stereocenters. The van der Waals surface area contributed by atoms with Crippen LogP contribution >= 0.6 is 0 Å². The molecule has 0 fully saturated rings. The number of hydrogen-bond donors (Lipinski definition) is 1. The molecular weight excluding hydrogens is 211 g/mol. The zero-order valence-corrected chi connectivity index (χ0v) is 8.30. The van der Waals surface area contributed by atoms with Gasteiger partial charge in [-0.05, 0) is 6.07 Å². The Morgan fingerprint density at radius 3 is 2.40 bits per heavy atom. The first-order valence-corrected chi connectivity index (χ1v) is 4.19. The Labute approximate surface area is 84.7 Å². The average Bonchev–Trinajstić information content (AvgIpc) is 2.15. The molecule has 0 aliphatic heterocycles. The number of hydrogen-bond acceptors (Lipinski definition) is 2. The van der Waals surface area contributed by atoms with Crippen molar-refractivity contribution in [3.8, 4) is 0 Å². The molecular formula is C9H11F3NO2+. The molecule has 0 aliphatic rings. The van der Waals surface area contributed by atoms with E-state index in [0.29, 0.717) is 10.3 Å². The van der Waals surface area contributed by atoms with E-state index in [-0.39, 0.29) is 12.3 Å². The smallest absolute Gasteiger partial charge is 0.391 e. The van der Waals surface area contributed by atoms with Crippen LogP contribution in [0.25, 0.3) is 0 Å². The van der Waals surface area contributed by atoms with Gasteiger partial charge in [0.05, 0.1) is 6.61 Å². The van der Waals surface area contributed by atoms with Crippen LogP contribution in [-0.2, 0) is 12.8 Å². The van der Waals surface area contributed by atoms with Gasteiger partial charge in [0.15, 0.2) is 0 Å². The highest BCUT2D eigenvalue weighted by atomic mass is 19.4. The predicted octanol–water partition coefficient (Wildman–Crippen LogP) is 0.852. The van der Waals surface area contributed by atoms with E-state index in [2.05, 4.69) is 4.84 Å². The van der Waals surface area contributed by atoms with Crippen molar-refractivity contribution in [3.63, 3.8) is 0 Å². The number of aromatic nitrogens is 1. The van der Waals surface area contributed by atoms with Gasteiger partial charge >= 0.3 is 11.9 Å². The van der Waals surface area contributed by atoms with Crippen molar-refractivity contribution in [2.45, 2.75) is 19.7 Å². The molecule has 0 saturated carbocycles. The molecule has 0 atom stereocenters. The van der Waals surface area contributed by atoms with Gasteiger partial charge in [0.25, 0.3) is 0 Å². The van der Waals surface area contributed by atoms with Crippen LogP contribution < -0.4 is 9.57 Å². The molecule has 0 radical (unpaired) electrons. The van der Waals surface area contributed by atoms with Crippen LogP contribution in [-0.4, -0.2) is 12.2 Å². The SMILES string of the molecule is CO[n+]1c(C(F)(F)F)ccc(CO)c1C. The highest BCUT2D eigenvalue weighted by Gasteiger charge is 2.43. The largest absolute Gasteiger partial charge is 0.482 e. The van der Waals surface area contributed by atoms with Crippen LogP contribution in [0, 0.1) is 6.92 Å². The molecule has 0 spiro atoms. The summed E-state index contributed by atoms with van der Waals surface area (Å²) in [5.41, 5.74) is -0.278. The second kappa shape index (κ2) is 4.06. The molecule has 1 aromatic heterocycles. The number of pyridine rings is 1. The number of halogens is 3. The number of alkyl halides is 3. The Morgan fingerprint density at radius 1 is 1.40 bits per heavy atom. The summed E-state index contributed by atoms with van der Waals surface area (Å²) in [6.07, 6.45) is -4.48. The van der Waals surface area contributed by atoms with Crippen LogP contribution in [0.15, 0.2) is 12.1 Å².